The molecule has 6 heteroatoms. The molecule has 2 aromatic rings. The first-order valence-corrected chi connectivity index (χ1v) is 8.70. The van der Waals surface area contributed by atoms with E-state index in [0.29, 0.717) is 23.6 Å². The second kappa shape index (κ2) is 7.95. The summed E-state index contributed by atoms with van der Waals surface area (Å²) >= 11 is 0. The number of carboxylic acids is 1. The van der Waals surface area contributed by atoms with E-state index in [1.54, 1.807) is 23.1 Å². The van der Waals surface area contributed by atoms with Crippen LogP contribution in [-0.2, 0) is 9.59 Å². The molecule has 140 valence electrons. The summed E-state index contributed by atoms with van der Waals surface area (Å²) in [6.07, 6.45) is 2.69. The van der Waals surface area contributed by atoms with E-state index in [4.69, 9.17) is 14.6 Å². The van der Waals surface area contributed by atoms with Crippen molar-refractivity contribution in [3.8, 4) is 11.5 Å². The quantitative estimate of drug-likeness (QED) is 0.759. The molecule has 0 unspecified atom stereocenters. The first-order valence-electron chi connectivity index (χ1n) is 8.70. The molecule has 1 aliphatic rings. The summed E-state index contributed by atoms with van der Waals surface area (Å²) in [4.78, 5) is 25.4. The van der Waals surface area contributed by atoms with Gasteiger partial charge in [-0.05, 0) is 36.3 Å². The lowest BCUT2D eigenvalue weighted by Gasteiger charge is -2.15. The Labute approximate surface area is 157 Å². The Morgan fingerprint density at radius 1 is 1.19 bits per heavy atom. The van der Waals surface area contributed by atoms with Gasteiger partial charge >= 0.3 is 5.97 Å². The van der Waals surface area contributed by atoms with Gasteiger partial charge in [-0.3, -0.25) is 4.79 Å². The highest BCUT2D eigenvalue weighted by Gasteiger charge is 2.31. The normalized spacial score (nSPS) is 14.4. The average molecular weight is 367 g/mol. The summed E-state index contributed by atoms with van der Waals surface area (Å²) < 4.78 is 10.5. The zero-order valence-electron chi connectivity index (χ0n) is 15.3. The highest BCUT2D eigenvalue weighted by molar-refractivity contribution is 6.35. The van der Waals surface area contributed by atoms with Crippen LogP contribution < -0.4 is 14.4 Å². The molecule has 2 aromatic carbocycles. The van der Waals surface area contributed by atoms with Gasteiger partial charge in [0.15, 0.2) is 18.1 Å². The minimum Gasteiger partial charge on any atom is -0.493 e. The van der Waals surface area contributed by atoms with E-state index in [2.05, 4.69) is 0 Å². The Morgan fingerprint density at radius 3 is 2.67 bits per heavy atom. The molecule has 1 aliphatic heterocycles. The Bertz CT molecular complexity index is 903. The van der Waals surface area contributed by atoms with Crippen molar-refractivity contribution in [2.45, 2.75) is 13.3 Å². The van der Waals surface area contributed by atoms with Gasteiger partial charge in [-0.15, -0.1) is 0 Å². The predicted molar refractivity (Wildman–Crippen MR) is 103 cm³/mol. The van der Waals surface area contributed by atoms with Crippen molar-refractivity contribution in [1.29, 1.82) is 0 Å². The highest BCUT2D eigenvalue weighted by Crippen LogP contribution is 2.38. The summed E-state index contributed by atoms with van der Waals surface area (Å²) in [5.41, 5.74) is 3.22. The molecule has 1 N–H and O–H groups in total. The Balaban J connectivity index is 1.96. The number of amides is 1. The SMILES string of the molecule is CCCN1C(=O)/C(=C\c2ccc(OCC(=O)O)c(OC)c2)c2ccccc21. The van der Waals surface area contributed by atoms with Gasteiger partial charge in [0.25, 0.3) is 5.91 Å². The van der Waals surface area contributed by atoms with Crippen LogP contribution in [-0.4, -0.2) is 37.2 Å². The lowest BCUT2D eigenvalue weighted by molar-refractivity contribution is -0.139. The predicted octanol–water partition coefficient (Wildman–Crippen LogP) is 3.46. The van der Waals surface area contributed by atoms with Gasteiger partial charge in [-0.2, -0.15) is 0 Å². The van der Waals surface area contributed by atoms with Crippen LogP contribution in [0.25, 0.3) is 11.6 Å². The number of nitrogens with zero attached hydrogens (tertiary/aromatic N) is 1. The minimum atomic E-state index is -1.06. The standard InChI is InChI=1S/C21H21NO5/c1-3-10-22-17-7-5-4-6-15(17)16(21(22)25)11-14-8-9-18(19(12-14)26-2)27-13-20(23)24/h4-9,11-12H,3,10,13H2,1-2H3,(H,23,24)/b16-11-. The van der Waals surface area contributed by atoms with Gasteiger partial charge in [-0.1, -0.05) is 31.2 Å². The van der Waals surface area contributed by atoms with Crippen molar-refractivity contribution in [2.75, 3.05) is 25.2 Å². The molecule has 0 spiro atoms. The van der Waals surface area contributed by atoms with Crippen LogP contribution in [0.5, 0.6) is 11.5 Å². The van der Waals surface area contributed by atoms with E-state index in [-0.39, 0.29) is 5.91 Å². The van der Waals surface area contributed by atoms with E-state index >= 15 is 0 Å². The first-order chi connectivity index (χ1) is 13.0. The Hall–Kier alpha value is -3.28. The van der Waals surface area contributed by atoms with Gasteiger partial charge in [0.05, 0.1) is 12.8 Å². The number of benzene rings is 2. The van der Waals surface area contributed by atoms with Gasteiger partial charge in [0.1, 0.15) is 0 Å². The first kappa shape index (κ1) is 18.5. The van der Waals surface area contributed by atoms with Crippen LogP contribution in [0.4, 0.5) is 5.69 Å². The van der Waals surface area contributed by atoms with Crippen molar-refractivity contribution in [3.63, 3.8) is 0 Å². The number of aliphatic carboxylic acids is 1. The summed E-state index contributed by atoms with van der Waals surface area (Å²) in [7, 11) is 1.49. The lowest BCUT2D eigenvalue weighted by atomic mass is 10.0. The number of methoxy groups -OCH3 is 1. The number of hydrogen-bond acceptors (Lipinski definition) is 4. The molecule has 0 radical (unpaired) electrons. The maximum atomic E-state index is 12.9. The summed E-state index contributed by atoms with van der Waals surface area (Å²) in [5.74, 6) is -0.335. The molecule has 3 rings (SSSR count). The molecule has 27 heavy (non-hydrogen) atoms. The second-order valence-electron chi connectivity index (χ2n) is 6.12. The fourth-order valence-corrected chi connectivity index (χ4v) is 3.09. The third-order valence-electron chi connectivity index (χ3n) is 4.26. The van der Waals surface area contributed by atoms with Crippen molar-refractivity contribution in [2.24, 2.45) is 0 Å². The van der Waals surface area contributed by atoms with E-state index in [0.717, 1.165) is 23.2 Å². The van der Waals surface area contributed by atoms with Crippen molar-refractivity contribution < 1.29 is 24.2 Å². The number of anilines is 1. The molecule has 0 fully saturated rings. The van der Waals surface area contributed by atoms with E-state index in [1.165, 1.54) is 7.11 Å². The molecular formula is C21H21NO5. The summed E-state index contributed by atoms with van der Waals surface area (Å²) in [6, 6.07) is 12.9. The Kier molecular flexibility index (Phi) is 5.45. The number of carbonyl (C=O) groups is 2. The largest absolute Gasteiger partial charge is 0.493 e. The van der Waals surface area contributed by atoms with E-state index in [9.17, 15) is 9.59 Å². The van der Waals surface area contributed by atoms with E-state index < -0.39 is 12.6 Å². The monoisotopic (exact) mass is 367 g/mol. The van der Waals surface area contributed by atoms with Crippen LogP contribution in [0, 0.1) is 0 Å². The molecule has 1 heterocycles. The lowest BCUT2D eigenvalue weighted by Crippen LogP contribution is -2.26. The van der Waals surface area contributed by atoms with Crippen molar-refractivity contribution in [1.82, 2.24) is 0 Å². The number of fused-ring (bicyclic) bond motifs is 1. The molecule has 6 nitrogen and oxygen atoms in total. The van der Waals surface area contributed by atoms with Crippen molar-refractivity contribution in [3.05, 3.63) is 53.6 Å². The van der Waals surface area contributed by atoms with Crippen LogP contribution in [0.2, 0.25) is 0 Å². The second-order valence-corrected chi connectivity index (χ2v) is 6.12. The molecule has 0 bridgehead atoms. The smallest absolute Gasteiger partial charge is 0.341 e. The molecule has 0 saturated carbocycles. The van der Waals surface area contributed by atoms with Crippen LogP contribution in [0.3, 0.4) is 0 Å². The molecule has 0 aromatic heterocycles. The number of para-hydroxylation sites is 1. The number of rotatable bonds is 7. The topological polar surface area (TPSA) is 76.1 Å². The number of hydrogen-bond donors (Lipinski definition) is 1. The van der Waals surface area contributed by atoms with Crippen molar-refractivity contribution >= 4 is 29.2 Å². The zero-order valence-corrected chi connectivity index (χ0v) is 15.3. The number of carbonyl (C=O) groups excluding carboxylic acids is 1. The summed E-state index contributed by atoms with van der Waals surface area (Å²) in [5, 5.41) is 8.76. The van der Waals surface area contributed by atoms with Crippen LogP contribution in [0.1, 0.15) is 24.5 Å². The van der Waals surface area contributed by atoms with Gasteiger partial charge in [0.2, 0.25) is 0 Å². The van der Waals surface area contributed by atoms with Gasteiger partial charge in [0, 0.05) is 17.7 Å². The third kappa shape index (κ3) is 3.79. The molecule has 1 amide bonds. The fraction of sp³-hybridized carbons (Fsp3) is 0.238. The average Bonchev–Trinajstić information content (AvgIpc) is 2.93. The van der Waals surface area contributed by atoms with Gasteiger partial charge < -0.3 is 19.5 Å². The Morgan fingerprint density at radius 2 is 1.96 bits per heavy atom. The summed E-state index contributed by atoms with van der Waals surface area (Å²) in [6.45, 7) is 2.26. The molecule has 0 aliphatic carbocycles. The van der Waals surface area contributed by atoms with Gasteiger partial charge in [-0.25, -0.2) is 4.79 Å². The maximum Gasteiger partial charge on any atom is 0.341 e. The number of ether oxygens (including phenoxy) is 2. The number of carboxylic acid groups (broad SMARTS) is 1. The molecule has 0 atom stereocenters. The third-order valence-corrected chi connectivity index (χ3v) is 4.26. The van der Waals surface area contributed by atoms with E-state index in [1.807, 2.05) is 37.3 Å². The van der Waals surface area contributed by atoms with Crippen LogP contribution >= 0.6 is 0 Å². The fourth-order valence-electron chi connectivity index (χ4n) is 3.09. The zero-order chi connectivity index (χ0) is 19.4. The maximum absolute atomic E-state index is 12.9. The van der Waals surface area contributed by atoms with Crippen LogP contribution in [0.15, 0.2) is 42.5 Å². The molecular weight excluding hydrogens is 346 g/mol. The molecule has 0 saturated heterocycles. The minimum absolute atomic E-state index is 0.0248. The highest BCUT2D eigenvalue weighted by atomic mass is 16.5.